The molecular weight excluding hydrogens is 389 g/mol. The van der Waals surface area contributed by atoms with Crippen molar-refractivity contribution >= 4 is 12.0 Å². The number of fused-ring (bicyclic) bond motifs is 1. The Morgan fingerprint density at radius 3 is 2.52 bits per heavy atom. The van der Waals surface area contributed by atoms with E-state index in [1.807, 2.05) is 0 Å². The van der Waals surface area contributed by atoms with E-state index in [2.05, 4.69) is 0 Å². The Hall–Kier alpha value is -2.97. The quantitative estimate of drug-likeness (QED) is 0.704. The molecule has 0 saturated carbocycles. The number of carbonyl (C=O) groups is 2. The summed E-state index contributed by atoms with van der Waals surface area (Å²) in [5, 5.41) is 0. The number of hydrogen-bond acceptors (Lipinski definition) is 5. The Bertz CT molecular complexity index is 914. The van der Waals surface area contributed by atoms with Crippen LogP contribution in [0.15, 0.2) is 36.6 Å². The van der Waals surface area contributed by atoms with Gasteiger partial charge in [-0.25, -0.2) is 9.69 Å². The van der Waals surface area contributed by atoms with Gasteiger partial charge in [-0.2, -0.15) is 13.2 Å². The van der Waals surface area contributed by atoms with Crippen molar-refractivity contribution < 1.29 is 32.2 Å². The second kappa shape index (κ2) is 7.13. The molecule has 2 aliphatic rings. The molecule has 0 atom stereocenters. The van der Waals surface area contributed by atoms with Gasteiger partial charge >= 0.3 is 12.3 Å². The molecule has 1 aromatic rings. The van der Waals surface area contributed by atoms with Crippen LogP contribution in [-0.4, -0.2) is 27.4 Å². The van der Waals surface area contributed by atoms with E-state index in [9.17, 15) is 22.8 Å². The van der Waals surface area contributed by atoms with Gasteiger partial charge in [0.05, 0.1) is 12.1 Å². The maximum atomic E-state index is 13.7. The number of hydrogen-bond donors (Lipinski definition) is 0. The van der Waals surface area contributed by atoms with Crippen molar-refractivity contribution in [1.82, 2.24) is 9.80 Å². The van der Waals surface area contributed by atoms with Crippen LogP contribution in [0.5, 0.6) is 0 Å². The third kappa shape index (κ3) is 4.55. The highest BCUT2D eigenvalue weighted by molar-refractivity contribution is 6.06. The zero-order chi connectivity index (χ0) is 21.6. The van der Waals surface area contributed by atoms with Crippen molar-refractivity contribution in [2.24, 2.45) is 0 Å². The first kappa shape index (κ1) is 20.8. The van der Waals surface area contributed by atoms with E-state index in [1.54, 1.807) is 45.0 Å². The summed E-state index contributed by atoms with van der Waals surface area (Å²) >= 11 is 0. The molecule has 2 amide bonds. The molecule has 0 fully saturated rings. The molecule has 29 heavy (non-hydrogen) atoms. The van der Waals surface area contributed by atoms with Gasteiger partial charge in [0.15, 0.2) is 0 Å². The minimum Gasteiger partial charge on any atom is -0.467 e. The van der Waals surface area contributed by atoms with E-state index in [4.69, 9.17) is 9.47 Å². The predicted octanol–water partition coefficient (Wildman–Crippen LogP) is 4.76. The fourth-order valence-corrected chi connectivity index (χ4v) is 3.11. The Morgan fingerprint density at radius 2 is 1.93 bits per heavy atom. The minimum absolute atomic E-state index is 0.104. The number of rotatable bonds is 2. The van der Waals surface area contributed by atoms with Crippen LogP contribution in [0.25, 0.3) is 0 Å². The SMILES string of the molecule is CC1=CN(Cc2cc3c(c(C(F)(F)F)c2)CN(C(=O)OC(C)(C)C)C3=O)C=CO1. The van der Waals surface area contributed by atoms with Gasteiger partial charge in [0, 0.05) is 24.5 Å². The maximum absolute atomic E-state index is 13.7. The lowest BCUT2D eigenvalue weighted by molar-refractivity contribution is -0.138. The summed E-state index contributed by atoms with van der Waals surface area (Å²) in [5.41, 5.74) is -1.88. The largest absolute Gasteiger partial charge is 0.467 e. The molecule has 0 spiro atoms. The van der Waals surface area contributed by atoms with Gasteiger partial charge in [-0.1, -0.05) is 0 Å². The number of ether oxygens (including phenoxy) is 2. The first-order valence-corrected chi connectivity index (χ1v) is 8.90. The van der Waals surface area contributed by atoms with Crippen molar-refractivity contribution in [3.63, 3.8) is 0 Å². The standard InChI is InChI=1S/C20H21F3N2O4/c1-12-9-24(5-6-28-12)10-13-7-14-15(16(8-13)20(21,22)23)11-25(17(14)26)18(27)29-19(2,3)4/h5-9H,10-11H2,1-4H3. The van der Waals surface area contributed by atoms with Crippen molar-refractivity contribution in [1.29, 1.82) is 0 Å². The van der Waals surface area contributed by atoms with E-state index in [0.29, 0.717) is 10.7 Å². The van der Waals surface area contributed by atoms with E-state index in [0.717, 1.165) is 6.07 Å². The predicted molar refractivity (Wildman–Crippen MR) is 97.1 cm³/mol. The van der Waals surface area contributed by atoms with Crippen LogP contribution in [-0.2, 0) is 28.7 Å². The highest BCUT2D eigenvalue weighted by Crippen LogP contribution is 2.38. The number of amides is 2. The molecule has 0 aliphatic carbocycles. The number of nitrogens with zero attached hydrogens (tertiary/aromatic N) is 2. The van der Waals surface area contributed by atoms with Crippen LogP contribution in [0.4, 0.5) is 18.0 Å². The van der Waals surface area contributed by atoms with Crippen LogP contribution >= 0.6 is 0 Å². The normalized spacial score (nSPS) is 16.5. The molecule has 0 saturated heterocycles. The smallest absolute Gasteiger partial charge is 0.417 e. The number of halogens is 3. The molecule has 0 aromatic heterocycles. The Labute approximate surface area is 166 Å². The zero-order valence-electron chi connectivity index (χ0n) is 16.5. The number of imide groups is 1. The molecule has 0 unspecified atom stereocenters. The van der Waals surface area contributed by atoms with E-state index < -0.39 is 35.9 Å². The van der Waals surface area contributed by atoms with Crippen LogP contribution in [0.2, 0.25) is 0 Å². The second-order valence-corrected chi connectivity index (χ2v) is 7.85. The van der Waals surface area contributed by atoms with Gasteiger partial charge < -0.3 is 14.4 Å². The molecule has 156 valence electrons. The summed E-state index contributed by atoms with van der Waals surface area (Å²) in [6.07, 6.45) is -1.01. The molecule has 6 nitrogen and oxygen atoms in total. The van der Waals surface area contributed by atoms with Crippen molar-refractivity contribution in [2.75, 3.05) is 0 Å². The maximum Gasteiger partial charge on any atom is 0.417 e. The Balaban J connectivity index is 1.96. The van der Waals surface area contributed by atoms with Gasteiger partial charge in [0.25, 0.3) is 5.91 Å². The average Bonchev–Trinajstić information content (AvgIpc) is 2.89. The summed E-state index contributed by atoms with van der Waals surface area (Å²) in [6.45, 7) is 6.18. The van der Waals surface area contributed by atoms with Gasteiger partial charge in [-0.15, -0.1) is 0 Å². The highest BCUT2D eigenvalue weighted by Gasteiger charge is 2.42. The Kier molecular flexibility index (Phi) is 5.10. The van der Waals surface area contributed by atoms with E-state index >= 15 is 0 Å². The van der Waals surface area contributed by atoms with E-state index in [1.165, 1.54) is 12.3 Å². The summed E-state index contributed by atoms with van der Waals surface area (Å²) in [7, 11) is 0. The molecule has 0 radical (unpaired) electrons. The molecule has 3 rings (SSSR count). The summed E-state index contributed by atoms with van der Waals surface area (Å²) < 4.78 is 51.4. The number of allylic oxidation sites excluding steroid dienone is 1. The number of carbonyl (C=O) groups excluding carboxylic acids is 2. The third-order valence-corrected chi connectivity index (χ3v) is 4.24. The monoisotopic (exact) mass is 410 g/mol. The topological polar surface area (TPSA) is 59.1 Å². The fraction of sp³-hybridized carbons (Fsp3) is 0.400. The molecule has 1 aromatic carbocycles. The van der Waals surface area contributed by atoms with Crippen molar-refractivity contribution in [2.45, 2.75) is 52.6 Å². The summed E-state index contributed by atoms with van der Waals surface area (Å²) in [4.78, 5) is 27.3. The zero-order valence-corrected chi connectivity index (χ0v) is 16.5. The van der Waals surface area contributed by atoms with Crippen LogP contribution in [0, 0.1) is 0 Å². The lowest BCUT2D eigenvalue weighted by Gasteiger charge is -2.23. The van der Waals surface area contributed by atoms with Crippen LogP contribution in [0.3, 0.4) is 0 Å². The van der Waals surface area contributed by atoms with E-state index in [-0.39, 0.29) is 23.2 Å². The van der Waals surface area contributed by atoms with Gasteiger partial charge in [-0.3, -0.25) is 4.79 Å². The second-order valence-electron chi connectivity index (χ2n) is 7.85. The first-order chi connectivity index (χ1) is 13.3. The Morgan fingerprint density at radius 1 is 1.24 bits per heavy atom. The van der Waals surface area contributed by atoms with Crippen LogP contribution < -0.4 is 0 Å². The number of benzene rings is 1. The van der Waals surface area contributed by atoms with Crippen LogP contribution in [0.1, 0.15) is 54.7 Å². The fourth-order valence-electron chi connectivity index (χ4n) is 3.11. The molecular formula is C20H21F3N2O4. The highest BCUT2D eigenvalue weighted by atomic mass is 19.4. The molecule has 9 heteroatoms. The number of alkyl halides is 3. The minimum atomic E-state index is -4.67. The van der Waals surface area contributed by atoms with Crippen molar-refractivity contribution in [3.05, 3.63) is 58.8 Å². The van der Waals surface area contributed by atoms with Gasteiger partial charge in [-0.05, 0) is 51.0 Å². The molecule has 0 bridgehead atoms. The van der Waals surface area contributed by atoms with Gasteiger partial charge in [0.1, 0.15) is 17.6 Å². The molecule has 2 aliphatic heterocycles. The molecule has 2 heterocycles. The third-order valence-electron chi connectivity index (χ3n) is 4.24. The average molecular weight is 410 g/mol. The lowest BCUT2D eigenvalue weighted by atomic mass is 9.98. The lowest BCUT2D eigenvalue weighted by Crippen LogP contribution is -2.36. The summed E-state index contributed by atoms with van der Waals surface area (Å²) in [6, 6.07) is 2.40. The first-order valence-electron chi connectivity index (χ1n) is 8.90. The molecule has 0 N–H and O–H groups in total. The summed E-state index contributed by atoms with van der Waals surface area (Å²) in [5.74, 6) is -0.220. The van der Waals surface area contributed by atoms with Gasteiger partial charge in [0.2, 0.25) is 0 Å². The van der Waals surface area contributed by atoms with Crippen molar-refractivity contribution in [3.8, 4) is 0 Å².